The number of nitrogens with one attached hydrogen (secondary N) is 2. The summed E-state index contributed by atoms with van der Waals surface area (Å²) >= 11 is 0. The number of rotatable bonds is 5. The second-order valence-electron chi connectivity index (χ2n) is 5.96. The molecule has 0 radical (unpaired) electrons. The number of primary amides is 1. The second-order valence-corrected chi connectivity index (χ2v) is 5.96. The molecule has 0 aliphatic carbocycles. The smallest absolute Gasteiger partial charge is 0.318 e. The minimum absolute atomic E-state index is 0.0561. The average Bonchev–Trinajstić information content (AvgIpc) is 2.52. The second kappa shape index (κ2) is 8.39. The van der Waals surface area contributed by atoms with Gasteiger partial charge in [0.15, 0.2) is 0 Å². The molecule has 8 heteroatoms. The molecule has 0 spiro atoms. The van der Waals surface area contributed by atoms with Crippen LogP contribution in [-0.2, 0) is 9.59 Å². The van der Waals surface area contributed by atoms with Crippen molar-refractivity contribution in [2.24, 2.45) is 11.7 Å². The number of aryl methyl sites for hydroxylation is 1. The van der Waals surface area contributed by atoms with Gasteiger partial charge in [-0.2, -0.15) is 0 Å². The van der Waals surface area contributed by atoms with Gasteiger partial charge in [0.1, 0.15) is 5.82 Å². The van der Waals surface area contributed by atoms with Crippen LogP contribution < -0.4 is 16.4 Å². The van der Waals surface area contributed by atoms with Crippen LogP contribution in [0.2, 0.25) is 0 Å². The van der Waals surface area contributed by atoms with E-state index < -0.39 is 11.9 Å². The van der Waals surface area contributed by atoms with Gasteiger partial charge in [-0.05, 0) is 38.4 Å². The number of hydrogen-bond acceptors (Lipinski definition) is 5. The van der Waals surface area contributed by atoms with Gasteiger partial charge in [-0.15, -0.1) is 0 Å². The van der Waals surface area contributed by atoms with E-state index in [9.17, 15) is 14.4 Å². The Morgan fingerprint density at radius 2 is 2.17 bits per heavy atom. The Kier molecular flexibility index (Phi) is 6.25. The molecule has 1 aromatic rings. The van der Waals surface area contributed by atoms with E-state index in [0.29, 0.717) is 18.9 Å². The number of piperidine rings is 1. The SMILES string of the molecule is Cc1cccc(NC(=O)[C@@H]2CCCN(CCC(=O)NC(N)=O)C2)n1. The maximum absolute atomic E-state index is 12.4. The van der Waals surface area contributed by atoms with E-state index in [1.54, 1.807) is 6.07 Å². The van der Waals surface area contributed by atoms with Crippen molar-refractivity contribution in [2.45, 2.75) is 26.2 Å². The Bertz CT molecular complexity index is 619. The lowest BCUT2D eigenvalue weighted by molar-refractivity contribution is -0.121. The molecule has 4 amide bonds. The monoisotopic (exact) mass is 333 g/mol. The highest BCUT2D eigenvalue weighted by Gasteiger charge is 2.26. The van der Waals surface area contributed by atoms with Crippen LogP contribution in [0.5, 0.6) is 0 Å². The van der Waals surface area contributed by atoms with Crippen molar-refractivity contribution in [3.63, 3.8) is 0 Å². The van der Waals surface area contributed by atoms with E-state index in [1.165, 1.54) is 0 Å². The number of hydrogen-bond donors (Lipinski definition) is 3. The summed E-state index contributed by atoms with van der Waals surface area (Å²) in [6.07, 6.45) is 1.87. The highest BCUT2D eigenvalue weighted by atomic mass is 16.2. The van der Waals surface area contributed by atoms with Crippen molar-refractivity contribution in [3.05, 3.63) is 23.9 Å². The predicted octanol–water partition coefficient (Wildman–Crippen LogP) is 0.626. The molecule has 8 nitrogen and oxygen atoms in total. The molecule has 1 aromatic heterocycles. The molecule has 4 N–H and O–H groups in total. The van der Waals surface area contributed by atoms with Crippen molar-refractivity contribution in [1.29, 1.82) is 0 Å². The molecule has 24 heavy (non-hydrogen) atoms. The molecule has 1 saturated heterocycles. The third kappa shape index (κ3) is 5.62. The lowest BCUT2D eigenvalue weighted by Gasteiger charge is -2.31. The maximum atomic E-state index is 12.4. The Balaban J connectivity index is 1.82. The van der Waals surface area contributed by atoms with Gasteiger partial charge in [-0.3, -0.25) is 14.9 Å². The fraction of sp³-hybridized carbons (Fsp3) is 0.500. The number of urea groups is 1. The number of nitrogens with zero attached hydrogens (tertiary/aromatic N) is 2. The minimum atomic E-state index is -0.846. The number of imide groups is 1. The van der Waals surface area contributed by atoms with Crippen LogP contribution >= 0.6 is 0 Å². The van der Waals surface area contributed by atoms with E-state index in [2.05, 4.69) is 15.2 Å². The minimum Gasteiger partial charge on any atom is -0.351 e. The van der Waals surface area contributed by atoms with Gasteiger partial charge in [-0.25, -0.2) is 9.78 Å². The van der Waals surface area contributed by atoms with Crippen molar-refractivity contribution in [2.75, 3.05) is 25.0 Å². The van der Waals surface area contributed by atoms with Crippen molar-refractivity contribution in [1.82, 2.24) is 15.2 Å². The number of nitrogens with two attached hydrogens (primary N) is 1. The number of carbonyl (C=O) groups excluding carboxylic acids is 3. The summed E-state index contributed by atoms with van der Waals surface area (Å²) in [5.74, 6) is -0.0457. The number of carbonyl (C=O) groups is 3. The quantitative estimate of drug-likeness (QED) is 0.730. The summed E-state index contributed by atoms with van der Waals surface area (Å²) in [7, 11) is 0. The van der Waals surface area contributed by atoms with Crippen LogP contribution in [0.15, 0.2) is 18.2 Å². The van der Waals surface area contributed by atoms with Crippen LogP contribution in [-0.4, -0.2) is 47.4 Å². The molecule has 1 atom stereocenters. The van der Waals surface area contributed by atoms with Crippen LogP contribution in [0.3, 0.4) is 0 Å². The molecule has 1 aliphatic heterocycles. The number of pyridine rings is 1. The van der Waals surface area contributed by atoms with Crippen LogP contribution in [0.4, 0.5) is 10.6 Å². The summed E-state index contributed by atoms with van der Waals surface area (Å²) in [6.45, 7) is 3.78. The van der Waals surface area contributed by atoms with Crippen molar-refractivity contribution in [3.8, 4) is 0 Å². The van der Waals surface area contributed by atoms with Gasteiger partial charge in [0, 0.05) is 25.2 Å². The lowest BCUT2D eigenvalue weighted by atomic mass is 9.97. The zero-order valence-electron chi connectivity index (χ0n) is 13.7. The van der Waals surface area contributed by atoms with Gasteiger partial charge in [-0.1, -0.05) is 6.07 Å². The molecule has 1 aliphatic rings. The molecule has 2 rings (SSSR count). The largest absolute Gasteiger partial charge is 0.351 e. The fourth-order valence-electron chi connectivity index (χ4n) is 2.77. The first kappa shape index (κ1) is 17.9. The first-order chi connectivity index (χ1) is 11.4. The van der Waals surface area contributed by atoms with Crippen LogP contribution in [0.25, 0.3) is 0 Å². The number of anilines is 1. The van der Waals surface area contributed by atoms with Crippen LogP contribution in [0, 0.1) is 12.8 Å². The highest BCUT2D eigenvalue weighted by molar-refractivity contribution is 5.93. The predicted molar refractivity (Wildman–Crippen MR) is 89.1 cm³/mol. The standard InChI is InChI=1S/C16H23N5O3/c1-11-4-2-6-13(18-11)19-15(23)12-5-3-8-21(10-12)9-7-14(22)20-16(17)24/h2,4,6,12H,3,5,7-10H2,1H3,(H,18,19,23)(H3,17,20,22,24)/t12-/m1/s1. The van der Waals surface area contributed by atoms with Gasteiger partial charge in [0.05, 0.1) is 5.92 Å². The summed E-state index contributed by atoms with van der Waals surface area (Å²) in [5.41, 5.74) is 5.75. The summed E-state index contributed by atoms with van der Waals surface area (Å²) in [6, 6.07) is 4.64. The zero-order chi connectivity index (χ0) is 17.5. The molecule has 1 fully saturated rings. The third-order valence-corrected chi connectivity index (χ3v) is 3.93. The molecular formula is C16H23N5O3. The van der Waals surface area contributed by atoms with E-state index in [0.717, 1.165) is 25.1 Å². The Morgan fingerprint density at radius 3 is 2.88 bits per heavy atom. The molecule has 0 aromatic carbocycles. The molecule has 0 saturated carbocycles. The molecular weight excluding hydrogens is 310 g/mol. The molecule has 0 unspecified atom stereocenters. The van der Waals surface area contributed by atoms with E-state index >= 15 is 0 Å². The van der Waals surface area contributed by atoms with Gasteiger partial charge in [0.25, 0.3) is 0 Å². The average molecular weight is 333 g/mol. The fourth-order valence-corrected chi connectivity index (χ4v) is 2.77. The Morgan fingerprint density at radius 1 is 1.38 bits per heavy atom. The Hall–Kier alpha value is -2.48. The zero-order valence-corrected chi connectivity index (χ0v) is 13.7. The van der Waals surface area contributed by atoms with E-state index in [1.807, 2.05) is 24.4 Å². The van der Waals surface area contributed by atoms with Gasteiger partial charge in [0.2, 0.25) is 11.8 Å². The van der Waals surface area contributed by atoms with E-state index in [-0.39, 0.29) is 18.2 Å². The lowest BCUT2D eigenvalue weighted by Crippen LogP contribution is -2.43. The van der Waals surface area contributed by atoms with Crippen molar-refractivity contribution < 1.29 is 14.4 Å². The molecule has 2 heterocycles. The topological polar surface area (TPSA) is 117 Å². The first-order valence-electron chi connectivity index (χ1n) is 8.00. The van der Waals surface area contributed by atoms with Gasteiger partial charge < -0.3 is 16.0 Å². The number of amides is 4. The number of likely N-dealkylation sites (tertiary alicyclic amines) is 1. The first-order valence-corrected chi connectivity index (χ1v) is 8.00. The Labute approximate surface area is 140 Å². The van der Waals surface area contributed by atoms with E-state index in [4.69, 9.17) is 5.73 Å². The molecule has 0 bridgehead atoms. The van der Waals surface area contributed by atoms with Crippen molar-refractivity contribution >= 4 is 23.7 Å². The summed E-state index contributed by atoms with van der Waals surface area (Å²) in [4.78, 5) is 40.8. The highest BCUT2D eigenvalue weighted by Crippen LogP contribution is 2.18. The summed E-state index contributed by atoms with van der Waals surface area (Å²) in [5, 5.41) is 4.89. The number of aromatic nitrogens is 1. The normalized spacial score (nSPS) is 18.0. The maximum Gasteiger partial charge on any atom is 0.318 e. The van der Waals surface area contributed by atoms with Gasteiger partial charge >= 0.3 is 6.03 Å². The van der Waals surface area contributed by atoms with Crippen LogP contribution in [0.1, 0.15) is 25.0 Å². The molecule has 130 valence electrons. The summed E-state index contributed by atoms with van der Waals surface area (Å²) < 4.78 is 0. The third-order valence-electron chi connectivity index (χ3n) is 3.93.